The number of aryl methyl sites for hydroxylation is 1. The second kappa shape index (κ2) is 5.99. The molecule has 0 aliphatic rings. The third-order valence-corrected chi connectivity index (χ3v) is 5.12. The van der Waals surface area contributed by atoms with E-state index >= 15 is 0 Å². The third kappa shape index (κ3) is 3.41. The van der Waals surface area contributed by atoms with E-state index in [9.17, 15) is 13.2 Å². The monoisotopic (exact) mass is 319 g/mol. The summed E-state index contributed by atoms with van der Waals surface area (Å²) in [5, 5.41) is 0.330. The van der Waals surface area contributed by atoms with Gasteiger partial charge in [0.15, 0.2) is 0 Å². The lowest BCUT2D eigenvalue weighted by molar-refractivity contribution is -0.128. The lowest BCUT2D eigenvalue weighted by Crippen LogP contribution is -2.37. The zero-order valence-electron chi connectivity index (χ0n) is 11.8. The first-order chi connectivity index (χ1) is 9.07. The summed E-state index contributed by atoms with van der Waals surface area (Å²) in [6, 6.07) is 2.73. The first-order valence-electron chi connectivity index (χ1n) is 5.79. The van der Waals surface area contributed by atoms with Gasteiger partial charge in [-0.05, 0) is 24.6 Å². The van der Waals surface area contributed by atoms with Gasteiger partial charge in [0.05, 0.1) is 22.2 Å². The Bertz CT molecular complexity index is 606. The summed E-state index contributed by atoms with van der Waals surface area (Å²) >= 11 is 5.91. The molecule has 0 aliphatic heterocycles. The van der Waals surface area contributed by atoms with E-state index < -0.39 is 10.0 Å². The van der Waals surface area contributed by atoms with Crippen molar-refractivity contribution in [2.45, 2.75) is 11.8 Å². The van der Waals surface area contributed by atoms with Crippen molar-refractivity contribution in [3.63, 3.8) is 0 Å². The number of anilines is 1. The van der Waals surface area contributed by atoms with Crippen LogP contribution >= 0.6 is 11.6 Å². The Hall–Kier alpha value is -1.31. The number of hydrogen-bond donors (Lipinski definition) is 1. The van der Waals surface area contributed by atoms with E-state index in [2.05, 4.69) is 0 Å². The number of halogens is 1. The summed E-state index contributed by atoms with van der Waals surface area (Å²) in [6.45, 7) is 1.43. The molecule has 1 amide bonds. The van der Waals surface area contributed by atoms with Crippen LogP contribution < -0.4 is 5.73 Å². The van der Waals surface area contributed by atoms with Crippen LogP contribution in [0.15, 0.2) is 17.0 Å². The highest BCUT2D eigenvalue weighted by Gasteiger charge is 2.24. The fraction of sp³-hybridized carbons (Fsp3) is 0.417. The van der Waals surface area contributed by atoms with Gasteiger partial charge in [0.25, 0.3) is 0 Å². The van der Waals surface area contributed by atoms with Crippen LogP contribution in [-0.4, -0.2) is 51.2 Å². The number of hydrogen-bond acceptors (Lipinski definition) is 4. The van der Waals surface area contributed by atoms with Gasteiger partial charge in [-0.15, -0.1) is 0 Å². The predicted molar refractivity (Wildman–Crippen MR) is 79.1 cm³/mol. The normalized spacial score (nSPS) is 11.7. The average Bonchev–Trinajstić information content (AvgIpc) is 2.34. The Balaban J connectivity index is 3.14. The lowest BCUT2D eigenvalue weighted by atomic mass is 10.2. The largest absolute Gasteiger partial charge is 0.397 e. The minimum absolute atomic E-state index is 0.0194. The molecule has 0 bridgehead atoms. The number of rotatable bonds is 4. The summed E-state index contributed by atoms with van der Waals surface area (Å²) < 4.78 is 25.7. The molecule has 0 fully saturated rings. The molecule has 20 heavy (non-hydrogen) atoms. The maximum absolute atomic E-state index is 12.4. The molecule has 0 saturated carbocycles. The van der Waals surface area contributed by atoms with E-state index in [-0.39, 0.29) is 23.0 Å². The quantitative estimate of drug-likeness (QED) is 0.837. The number of benzene rings is 1. The number of sulfonamides is 1. The van der Waals surface area contributed by atoms with Crippen molar-refractivity contribution in [1.29, 1.82) is 0 Å². The molecule has 0 heterocycles. The highest BCUT2D eigenvalue weighted by molar-refractivity contribution is 7.89. The van der Waals surface area contributed by atoms with Gasteiger partial charge in [-0.2, -0.15) is 4.31 Å². The summed E-state index contributed by atoms with van der Waals surface area (Å²) in [7, 11) is 0.687. The van der Waals surface area contributed by atoms with Crippen LogP contribution in [0, 0.1) is 6.92 Å². The van der Waals surface area contributed by atoms with E-state index in [0.29, 0.717) is 10.6 Å². The van der Waals surface area contributed by atoms with Crippen molar-refractivity contribution in [1.82, 2.24) is 9.21 Å². The fourth-order valence-corrected chi connectivity index (χ4v) is 2.86. The van der Waals surface area contributed by atoms with Gasteiger partial charge in [0.2, 0.25) is 15.9 Å². The number of carbonyl (C=O) groups excluding carboxylic acids is 1. The van der Waals surface area contributed by atoms with Gasteiger partial charge in [0.1, 0.15) is 0 Å². The molecule has 1 aromatic carbocycles. The summed E-state index contributed by atoms with van der Waals surface area (Å²) in [5.74, 6) is -0.310. The number of carbonyl (C=O) groups is 1. The van der Waals surface area contributed by atoms with Gasteiger partial charge in [-0.3, -0.25) is 4.79 Å². The van der Waals surface area contributed by atoms with Crippen molar-refractivity contribution in [2.75, 3.05) is 33.4 Å². The van der Waals surface area contributed by atoms with Crippen LogP contribution in [-0.2, 0) is 14.8 Å². The molecule has 0 aromatic heterocycles. The SMILES string of the molecule is Cc1cc(S(=O)(=O)N(C)CC(=O)N(C)C)cc(N)c1Cl. The Morgan fingerprint density at radius 2 is 1.85 bits per heavy atom. The molecule has 0 atom stereocenters. The molecule has 0 spiro atoms. The van der Waals surface area contributed by atoms with Gasteiger partial charge in [-0.1, -0.05) is 11.6 Å². The Morgan fingerprint density at radius 3 is 2.30 bits per heavy atom. The van der Waals surface area contributed by atoms with E-state index in [1.165, 1.54) is 24.1 Å². The average molecular weight is 320 g/mol. The number of amides is 1. The van der Waals surface area contributed by atoms with Crippen molar-refractivity contribution >= 4 is 33.2 Å². The number of nitrogens with two attached hydrogens (primary N) is 1. The topological polar surface area (TPSA) is 83.7 Å². The standard InChI is InChI=1S/C12H18ClN3O3S/c1-8-5-9(6-10(14)12(8)13)20(18,19)16(4)7-11(17)15(2)3/h5-6H,7,14H2,1-4H3. The summed E-state index contributed by atoms with van der Waals surface area (Å²) in [4.78, 5) is 12.9. The van der Waals surface area contributed by atoms with E-state index in [4.69, 9.17) is 17.3 Å². The number of nitrogen functional groups attached to an aromatic ring is 1. The predicted octanol–water partition coefficient (Wildman–Crippen LogP) is 0.939. The zero-order valence-corrected chi connectivity index (χ0v) is 13.4. The molecule has 0 radical (unpaired) electrons. The van der Waals surface area contributed by atoms with E-state index in [0.717, 1.165) is 4.31 Å². The van der Waals surface area contributed by atoms with Gasteiger partial charge < -0.3 is 10.6 Å². The Kier molecular flexibility index (Phi) is 5.01. The molecule has 0 unspecified atom stereocenters. The third-order valence-electron chi connectivity index (χ3n) is 2.82. The van der Waals surface area contributed by atoms with Crippen LogP contribution in [0.4, 0.5) is 5.69 Å². The van der Waals surface area contributed by atoms with Crippen molar-refractivity contribution in [3.05, 3.63) is 22.7 Å². The fourth-order valence-electron chi connectivity index (χ4n) is 1.51. The summed E-state index contributed by atoms with van der Waals surface area (Å²) in [6.07, 6.45) is 0. The highest BCUT2D eigenvalue weighted by atomic mass is 35.5. The lowest BCUT2D eigenvalue weighted by Gasteiger charge is -2.19. The molecular weight excluding hydrogens is 302 g/mol. The molecule has 0 aliphatic carbocycles. The Labute approximate surface area is 124 Å². The van der Waals surface area contributed by atoms with Crippen LogP contribution in [0.2, 0.25) is 5.02 Å². The van der Waals surface area contributed by atoms with Crippen molar-refractivity contribution in [3.8, 4) is 0 Å². The maximum atomic E-state index is 12.4. The second-order valence-corrected chi connectivity index (χ2v) is 7.12. The molecule has 112 valence electrons. The molecule has 2 N–H and O–H groups in total. The first kappa shape index (κ1) is 16.7. The van der Waals surface area contributed by atoms with Crippen molar-refractivity contribution in [2.24, 2.45) is 0 Å². The van der Waals surface area contributed by atoms with Crippen LogP contribution in [0.3, 0.4) is 0 Å². The van der Waals surface area contributed by atoms with Gasteiger partial charge >= 0.3 is 0 Å². The van der Waals surface area contributed by atoms with Crippen LogP contribution in [0.1, 0.15) is 5.56 Å². The maximum Gasteiger partial charge on any atom is 0.243 e. The first-order valence-corrected chi connectivity index (χ1v) is 7.61. The molecule has 6 nitrogen and oxygen atoms in total. The molecule has 8 heteroatoms. The van der Waals surface area contributed by atoms with Gasteiger partial charge in [0, 0.05) is 21.1 Å². The smallest absolute Gasteiger partial charge is 0.243 e. The Morgan fingerprint density at radius 1 is 1.30 bits per heavy atom. The highest BCUT2D eigenvalue weighted by Crippen LogP contribution is 2.28. The minimum Gasteiger partial charge on any atom is -0.397 e. The molecule has 0 saturated heterocycles. The van der Waals surface area contributed by atoms with E-state index in [1.807, 2.05) is 0 Å². The van der Waals surface area contributed by atoms with Gasteiger partial charge in [-0.25, -0.2) is 8.42 Å². The number of likely N-dealkylation sites (N-methyl/N-ethyl adjacent to an activating group) is 2. The molecule has 1 rings (SSSR count). The molecule has 1 aromatic rings. The van der Waals surface area contributed by atoms with Crippen molar-refractivity contribution < 1.29 is 13.2 Å². The van der Waals surface area contributed by atoms with Crippen LogP contribution in [0.25, 0.3) is 0 Å². The minimum atomic E-state index is -3.78. The zero-order chi connectivity index (χ0) is 15.7. The molecular formula is C12H18ClN3O3S. The van der Waals surface area contributed by atoms with Crippen LogP contribution in [0.5, 0.6) is 0 Å². The summed E-state index contributed by atoms with van der Waals surface area (Å²) in [5.41, 5.74) is 6.44. The van der Waals surface area contributed by atoms with E-state index in [1.54, 1.807) is 21.0 Å². The number of nitrogens with zero attached hydrogens (tertiary/aromatic N) is 2. The second-order valence-electron chi connectivity index (χ2n) is 4.69.